The van der Waals surface area contributed by atoms with Crippen LogP contribution in [-0.2, 0) is 0 Å². The van der Waals surface area contributed by atoms with E-state index in [1.165, 1.54) is 45.3 Å². The molecule has 0 aromatic rings. The SMILES string of the molecule is CC1(C2CC2)CN(C(C)(C)C2CC2)CCN1. The summed E-state index contributed by atoms with van der Waals surface area (Å²) in [5, 5.41) is 3.78. The Kier molecular flexibility index (Phi) is 2.38. The molecular weight excluding hydrogens is 196 g/mol. The minimum Gasteiger partial charge on any atom is -0.309 e. The molecule has 0 aromatic carbocycles. The van der Waals surface area contributed by atoms with Crippen LogP contribution in [0.3, 0.4) is 0 Å². The van der Waals surface area contributed by atoms with Crippen LogP contribution >= 0.6 is 0 Å². The van der Waals surface area contributed by atoms with Crippen LogP contribution in [0.15, 0.2) is 0 Å². The molecule has 2 heteroatoms. The molecule has 2 saturated carbocycles. The van der Waals surface area contributed by atoms with Gasteiger partial charge in [0.1, 0.15) is 0 Å². The summed E-state index contributed by atoms with van der Waals surface area (Å²) in [5.74, 6) is 1.92. The summed E-state index contributed by atoms with van der Waals surface area (Å²) in [6.07, 6.45) is 5.80. The molecule has 1 unspecified atom stereocenters. The van der Waals surface area contributed by atoms with Crippen LogP contribution in [0.1, 0.15) is 46.5 Å². The Balaban J connectivity index is 1.71. The van der Waals surface area contributed by atoms with Crippen LogP contribution in [0, 0.1) is 11.8 Å². The molecule has 1 aliphatic heterocycles. The van der Waals surface area contributed by atoms with Gasteiger partial charge in [0.15, 0.2) is 0 Å². The zero-order valence-corrected chi connectivity index (χ0v) is 11.1. The molecule has 0 spiro atoms. The van der Waals surface area contributed by atoms with E-state index in [0.29, 0.717) is 11.1 Å². The molecule has 1 heterocycles. The fourth-order valence-corrected chi connectivity index (χ4v) is 3.54. The monoisotopic (exact) mass is 222 g/mol. The first kappa shape index (κ1) is 11.0. The molecule has 1 saturated heterocycles. The molecule has 1 N–H and O–H groups in total. The topological polar surface area (TPSA) is 15.3 Å². The molecule has 3 rings (SSSR count). The van der Waals surface area contributed by atoms with Gasteiger partial charge in [-0.15, -0.1) is 0 Å². The van der Waals surface area contributed by atoms with Crippen LogP contribution in [0.2, 0.25) is 0 Å². The summed E-state index contributed by atoms with van der Waals surface area (Å²) in [4.78, 5) is 2.76. The summed E-state index contributed by atoms with van der Waals surface area (Å²) >= 11 is 0. The second kappa shape index (κ2) is 3.46. The molecule has 3 fully saturated rings. The Bertz CT molecular complexity index is 266. The molecule has 3 aliphatic rings. The lowest BCUT2D eigenvalue weighted by Gasteiger charge is -2.49. The third kappa shape index (κ3) is 1.80. The lowest BCUT2D eigenvalue weighted by molar-refractivity contribution is 0.0306. The Morgan fingerprint density at radius 3 is 2.44 bits per heavy atom. The third-order valence-electron chi connectivity index (χ3n) is 5.30. The second-order valence-corrected chi connectivity index (χ2v) is 6.97. The number of hydrogen-bond donors (Lipinski definition) is 1. The van der Waals surface area contributed by atoms with E-state index in [-0.39, 0.29) is 0 Å². The van der Waals surface area contributed by atoms with Gasteiger partial charge in [-0.25, -0.2) is 0 Å². The van der Waals surface area contributed by atoms with E-state index >= 15 is 0 Å². The first-order valence-corrected chi connectivity index (χ1v) is 7.02. The van der Waals surface area contributed by atoms with Gasteiger partial charge in [0.2, 0.25) is 0 Å². The zero-order valence-electron chi connectivity index (χ0n) is 11.1. The predicted molar refractivity (Wildman–Crippen MR) is 67.5 cm³/mol. The zero-order chi connectivity index (χ0) is 11.4. The van der Waals surface area contributed by atoms with Gasteiger partial charge in [-0.3, -0.25) is 4.90 Å². The van der Waals surface area contributed by atoms with Gasteiger partial charge in [-0.2, -0.15) is 0 Å². The van der Waals surface area contributed by atoms with Gasteiger partial charge in [0.25, 0.3) is 0 Å². The average Bonchev–Trinajstić information content (AvgIpc) is 3.06. The van der Waals surface area contributed by atoms with Crippen molar-refractivity contribution in [3.8, 4) is 0 Å². The van der Waals surface area contributed by atoms with Crippen molar-refractivity contribution in [3.05, 3.63) is 0 Å². The highest BCUT2D eigenvalue weighted by atomic mass is 15.3. The van der Waals surface area contributed by atoms with E-state index in [1.54, 1.807) is 0 Å². The molecule has 0 radical (unpaired) electrons. The summed E-state index contributed by atoms with van der Waals surface area (Å²) < 4.78 is 0. The maximum atomic E-state index is 3.78. The van der Waals surface area contributed by atoms with E-state index in [4.69, 9.17) is 0 Å². The van der Waals surface area contributed by atoms with Crippen molar-refractivity contribution in [2.24, 2.45) is 11.8 Å². The summed E-state index contributed by atoms with van der Waals surface area (Å²) in [6, 6.07) is 0. The van der Waals surface area contributed by atoms with E-state index in [2.05, 4.69) is 31.0 Å². The normalized spacial score (nSPS) is 37.7. The number of hydrogen-bond acceptors (Lipinski definition) is 2. The summed E-state index contributed by atoms with van der Waals surface area (Å²) in [7, 11) is 0. The standard InChI is InChI=1S/C14H26N2/c1-13(2,11-4-5-11)16-9-8-15-14(3,10-16)12-6-7-12/h11-12,15H,4-10H2,1-3H3. The van der Waals surface area contributed by atoms with Crippen LogP contribution in [-0.4, -0.2) is 35.6 Å². The second-order valence-electron chi connectivity index (χ2n) is 6.97. The minimum atomic E-state index is 0.407. The lowest BCUT2D eigenvalue weighted by atomic mass is 9.87. The number of nitrogens with zero attached hydrogens (tertiary/aromatic N) is 1. The van der Waals surface area contributed by atoms with Gasteiger partial charge >= 0.3 is 0 Å². The summed E-state index contributed by atoms with van der Waals surface area (Å²) in [5.41, 5.74) is 0.850. The largest absolute Gasteiger partial charge is 0.309 e. The van der Waals surface area contributed by atoms with Crippen molar-refractivity contribution in [3.63, 3.8) is 0 Å². The van der Waals surface area contributed by atoms with Gasteiger partial charge in [0.05, 0.1) is 0 Å². The van der Waals surface area contributed by atoms with E-state index in [0.717, 1.165) is 11.8 Å². The third-order valence-corrected chi connectivity index (χ3v) is 5.30. The predicted octanol–water partition coefficient (Wildman–Crippen LogP) is 2.25. The van der Waals surface area contributed by atoms with E-state index < -0.39 is 0 Å². The average molecular weight is 222 g/mol. The van der Waals surface area contributed by atoms with Gasteiger partial charge in [-0.1, -0.05) is 0 Å². The molecule has 1 atom stereocenters. The van der Waals surface area contributed by atoms with Crippen molar-refractivity contribution in [1.29, 1.82) is 0 Å². The molecule has 2 nitrogen and oxygen atoms in total. The summed E-state index contributed by atoms with van der Waals surface area (Å²) in [6.45, 7) is 11.1. The molecule has 0 aromatic heterocycles. The Hall–Kier alpha value is -0.0800. The molecule has 2 aliphatic carbocycles. The van der Waals surface area contributed by atoms with Gasteiger partial charge < -0.3 is 5.32 Å². The first-order chi connectivity index (χ1) is 7.52. The molecule has 0 bridgehead atoms. The Labute approximate surface area is 99.8 Å². The van der Waals surface area contributed by atoms with Crippen molar-refractivity contribution in [2.75, 3.05) is 19.6 Å². The maximum absolute atomic E-state index is 3.78. The number of nitrogens with one attached hydrogen (secondary N) is 1. The van der Waals surface area contributed by atoms with Crippen molar-refractivity contribution >= 4 is 0 Å². The van der Waals surface area contributed by atoms with Crippen LogP contribution in [0.25, 0.3) is 0 Å². The smallest absolute Gasteiger partial charge is 0.0309 e. The minimum absolute atomic E-state index is 0.407. The van der Waals surface area contributed by atoms with Crippen molar-refractivity contribution in [1.82, 2.24) is 10.2 Å². The molecule has 0 amide bonds. The Morgan fingerprint density at radius 1 is 1.19 bits per heavy atom. The lowest BCUT2D eigenvalue weighted by Crippen LogP contribution is -2.64. The molecular formula is C14H26N2. The highest BCUT2D eigenvalue weighted by molar-refractivity contribution is 5.06. The van der Waals surface area contributed by atoms with Gasteiger partial charge in [0, 0.05) is 30.7 Å². The van der Waals surface area contributed by atoms with Crippen LogP contribution < -0.4 is 5.32 Å². The first-order valence-electron chi connectivity index (χ1n) is 7.02. The fraction of sp³-hybridized carbons (Fsp3) is 1.00. The van der Waals surface area contributed by atoms with Crippen LogP contribution in [0.4, 0.5) is 0 Å². The highest BCUT2D eigenvalue weighted by Crippen LogP contribution is 2.46. The van der Waals surface area contributed by atoms with Gasteiger partial charge in [-0.05, 0) is 58.3 Å². The van der Waals surface area contributed by atoms with Crippen LogP contribution in [0.5, 0.6) is 0 Å². The van der Waals surface area contributed by atoms with E-state index in [1.807, 2.05) is 0 Å². The molecule has 16 heavy (non-hydrogen) atoms. The fourth-order valence-electron chi connectivity index (χ4n) is 3.54. The quantitative estimate of drug-likeness (QED) is 0.788. The molecule has 92 valence electrons. The highest BCUT2D eigenvalue weighted by Gasteiger charge is 2.49. The van der Waals surface area contributed by atoms with E-state index in [9.17, 15) is 0 Å². The van der Waals surface area contributed by atoms with Crippen molar-refractivity contribution < 1.29 is 0 Å². The van der Waals surface area contributed by atoms with Crippen molar-refractivity contribution in [2.45, 2.75) is 57.5 Å². The maximum Gasteiger partial charge on any atom is 0.0309 e. The number of rotatable bonds is 3. The number of piperazine rings is 1. The Morgan fingerprint density at radius 2 is 1.88 bits per heavy atom.